The fraction of sp³-hybridized carbons (Fsp3) is 0.955. The quantitative estimate of drug-likeness (QED) is 0.334. The van der Waals surface area contributed by atoms with Crippen LogP contribution in [-0.2, 0) is 4.74 Å². The Kier molecular flexibility index (Phi) is 10.9. The van der Waals surface area contributed by atoms with Crippen molar-refractivity contribution in [1.82, 2.24) is 15.1 Å². The smallest absolute Gasteiger partial charge is 0.193 e. The van der Waals surface area contributed by atoms with Gasteiger partial charge in [0.2, 0.25) is 0 Å². The van der Waals surface area contributed by atoms with E-state index in [4.69, 9.17) is 4.74 Å². The molecular formula is C22H43IN4O. The minimum Gasteiger partial charge on any atom is -0.381 e. The van der Waals surface area contributed by atoms with Crippen molar-refractivity contribution in [2.45, 2.75) is 76.2 Å². The van der Waals surface area contributed by atoms with Crippen LogP contribution in [0, 0.1) is 5.92 Å². The molecule has 1 N–H and O–H groups in total. The molecule has 0 unspecified atom stereocenters. The van der Waals surface area contributed by atoms with E-state index in [0.717, 1.165) is 38.2 Å². The van der Waals surface area contributed by atoms with Crippen LogP contribution in [0.25, 0.3) is 0 Å². The van der Waals surface area contributed by atoms with Crippen LogP contribution in [0.1, 0.15) is 70.6 Å². The zero-order valence-corrected chi connectivity index (χ0v) is 20.6. The van der Waals surface area contributed by atoms with Gasteiger partial charge in [0.15, 0.2) is 5.96 Å². The summed E-state index contributed by atoms with van der Waals surface area (Å²) in [6.45, 7) is 6.61. The number of halogens is 1. The lowest BCUT2D eigenvalue weighted by Crippen LogP contribution is -2.59. The molecule has 1 saturated carbocycles. The first-order valence-electron chi connectivity index (χ1n) is 11.5. The molecule has 0 radical (unpaired) electrons. The Hall–Kier alpha value is -0.0800. The third kappa shape index (κ3) is 6.73. The highest BCUT2D eigenvalue weighted by atomic mass is 127. The molecule has 0 aromatic carbocycles. The average molecular weight is 507 g/mol. The minimum absolute atomic E-state index is 0. The molecule has 1 aliphatic carbocycles. The molecule has 3 fully saturated rings. The Morgan fingerprint density at radius 2 is 1.71 bits per heavy atom. The number of hydrogen-bond donors (Lipinski definition) is 1. The molecule has 6 heteroatoms. The van der Waals surface area contributed by atoms with Crippen LogP contribution in [0.15, 0.2) is 4.99 Å². The Labute approximate surface area is 190 Å². The third-order valence-corrected chi connectivity index (χ3v) is 7.17. The Bertz CT molecular complexity index is 455. The van der Waals surface area contributed by atoms with Crippen molar-refractivity contribution in [1.29, 1.82) is 0 Å². The van der Waals surface area contributed by atoms with Crippen molar-refractivity contribution in [3.05, 3.63) is 0 Å². The lowest BCUT2D eigenvalue weighted by atomic mass is 9.79. The maximum absolute atomic E-state index is 5.50. The van der Waals surface area contributed by atoms with E-state index in [1.54, 1.807) is 0 Å². The van der Waals surface area contributed by atoms with E-state index in [1.807, 2.05) is 7.05 Å². The normalized spacial score (nSPS) is 24.4. The highest BCUT2D eigenvalue weighted by Crippen LogP contribution is 2.35. The fourth-order valence-electron chi connectivity index (χ4n) is 5.33. The summed E-state index contributed by atoms with van der Waals surface area (Å²) < 4.78 is 5.50. The monoisotopic (exact) mass is 506 g/mol. The summed E-state index contributed by atoms with van der Waals surface area (Å²) in [6, 6.07) is 0. The van der Waals surface area contributed by atoms with Gasteiger partial charge in [-0.2, -0.15) is 0 Å². The van der Waals surface area contributed by atoms with Crippen LogP contribution >= 0.6 is 24.0 Å². The van der Waals surface area contributed by atoms with Gasteiger partial charge in [-0.1, -0.05) is 25.7 Å². The maximum Gasteiger partial charge on any atom is 0.193 e. The second-order valence-corrected chi connectivity index (χ2v) is 9.00. The maximum atomic E-state index is 5.50. The van der Waals surface area contributed by atoms with E-state index < -0.39 is 0 Å². The van der Waals surface area contributed by atoms with Crippen molar-refractivity contribution in [2.75, 3.05) is 53.5 Å². The molecule has 0 spiro atoms. The third-order valence-electron chi connectivity index (χ3n) is 7.17. The lowest BCUT2D eigenvalue weighted by Gasteiger charge is -2.48. The topological polar surface area (TPSA) is 40.1 Å². The van der Waals surface area contributed by atoms with Crippen LogP contribution in [0.2, 0.25) is 0 Å². The van der Waals surface area contributed by atoms with Crippen molar-refractivity contribution in [2.24, 2.45) is 10.9 Å². The van der Waals surface area contributed by atoms with Crippen LogP contribution < -0.4 is 5.32 Å². The molecule has 3 aliphatic rings. The molecule has 3 rings (SSSR count). The number of ether oxygens (including phenoxy) is 1. The Balaban J connectivity index is 0.00000280. The molecular weight excluding hydrogens is 463 g/mol. The predicted molar refractivity (Wildman–Crippen MR) is 129 cm³/mol. The van der Waals surface area contributed by atoms with Crippen LogP contribution in [0.3, 0.4) is 0 Å². The molecule has 164 valence electrons. The number of guanidine groups is 1. The second kappa shape index (κ2) is 12.6. The number of hydrogen-bond acceptors (Lipinski definition) is 3. The number of rotatable bonds is 6. The molecule has 0 atom stereocenters. The highest BCUT2D eigenvalue weighted by molar-refractivity contribution is 14.0. The van der Waals surface area contributed by atoms with Crippen molar-refractivity contribution < 1.29 is 4.74 Å². The predicted octanol–water partition coefficient (Wildman–Crippen LogP) is 4.12. The first-order chi connectivity index (χ1) is 13.2. The van der Waals surface area contributed by atoms with Gasteiger partial charge in [0.05, 0.1) is 0 Å². The summed E-state index contributed by atoms with van der Waals surface area (Å²) in [5.41, 5.74) is 0.357. The second-order valence-electron chi connectivity index (χ2n) is 9.00. The zero-order valence-electron chi connectivity index (χ0n) is 18.3. The molecule has 0 aromatic heterocycles. The fourth-order valence-corrected chi connectivity index (χ4v) is 5.33. The van der Waals surface area contributed by atoms with E-state index in [9.17, 15) is 0 Å². The average Bonchev–Trinajstić information content (AvgIpc) is 2.75. The van der Waals surface area contributed by atoms with Gasteiger partial charge in [0.1, 0.15) is 0 Å². The summed E-state index contributed by atoms with van der Waals surface area (Å²) in [6.07, 6.45) is 14.7. The highest BCUT2D eigenvalue weighted by Gasteiger charge is 2.38. The van der Waals surface area contributed by atoms with Gasteiger partial charge in [0, 0.05) is 45.9 Å². The van der Waals surface area contributed by atoms with Gasteiger partial charge in [-0.15, -0.1) is 24.0 Å². The van der Waals surface area contributed by atoms with E-state index in [0.29, 0.717) is 5.54 Å². The SMILES string of the molecule is CN=C(NCC1(N2CCCCC2)CCCCC1)N(C)CCC1CCOCC1.I. The molecule has 2 saturated heterocycles. The summed E-state index contributed by atoms with van der Waals surface area (Å²) in [4.78, 5) is 9.75. The molecule has 0 amide bonds. The first kappa shape index (κ1) is 24.2. The number of piperidine rings is 1. The molecule has 2 aliphatic heterocycles. The largest absolute Gasteiger partial charge is 0.381 e. The molecule has 0 bridgehead atoms. The minimum atomic E-state index is 0. The summed E-state index contributed by atoms with van der Waals surface area (Å²) >= 11 is 0. The van der Waals surface area contributed by atoms with E-state index in [1.165, 1.54) is 83.7 Å². The number of nitrogens with zero attached hydrogens (tertiary/aromatic N) is 3. The van der Waals surface area contributed by atoms with Gasteiger partial charge in [-0.05, 0) is 64.0 Å². The van der Waals surface area contributed by atoms with E-state index >= 15 is 0 Å². The van der Waals surface area contributed by atoms with Gasteiger partial charge in [0.25, 0.3) is 0 Å². The van der Waals surface area contributed by atoms with Crippen LogP contribution in [0.5, 0.6) is 0 Å². The standard InChI is InChI=1S/C22H42N4O.HI/c1-23-21(25(2)16-9-20-10-17-27-18-11-20)24-19-22(12-5-3-6-13-22)26-14-7-4-8-15-26;/h20H,3-19H2,1-2H3,(H,23,24);1H. The Morgan fingerprint density at radius 3 is 2.36 bits per heavy atom. The van der Waals surface area contributed by atoms with Crippen molar-refractivity contribution in [3.63, 3.8) is 0 Å². The number of likely N-dealkylation sites (tertiary alicyclic amines) is 1. The summed E-state index contributed by atoms with van der Waals surface area (Å²) in [7, 11) is 4.13. The lowest BCUT2D eigenvalue weighted by molar-refractivity contribution is 0.0363. The number of nitrogens with one attached hydrogen (secondary N) is 1. The zero-order chi connectivity index (χ0) is 19.0. The molecule has 0 aromatic rings. The van der Waals surface area contributed by atoms with Crippen molar-refractivity contribution >= 4 is 29.9 Å². The first-order valence-corrected chi connectivity index (χ1v) is 11.5. The summed E-state index contributed by atoms with van der Waals surface area (Å²) in [5, 5.41) is 3.77. The van der Waals surface area contributed by atoms with Gasteiger partial charge < -0.3 is 15.0 Å². The van der Waals surface area contributed by atoms with Gasteiger partial charge in [-0.3, -0.25) is 9.89 Å². The molecule has 5 nitrogen and oxygen atoms in total. The number of aliphatic imine (C=N–C) groups is 1. The van der Waals surface area contributed by atoms with Gasteiger partial charge >= 0.3 is 0 Å². The van der Waals surface area contributed by atoms with Crippen LogP contribution in [-0.4, -0.2) is 74.8 Å². The molecule has 2 heterocycles. The van der Waals surface area contributed by atoms with Crippen molar-refractivity contribution in [3.8, 4) is 0 Å². The van der Waals surface area contributed by atoms with E-state index in [-0.39, 0.29) is 24.0 Å². The van der Waals surface area contributed by atoms with Gasteiger partial charge in [-0.25, -0.2) is 0 Å². The Morgan fingerprint density at radius 1 is 1.07 bits per heavy atom. The van der Waals surface area contributed by atoms with Crippen LogP contribution in [0.4, 0.5) is 0 Å². The molecule has 28 heavy (non-hydrogen) atoms. The van der Waals surface area contributed by atoms with E-state index in [2.05, 4.69) is 27.2 Å². The summed E-state index contributed by atoms with van der Waals surface area (Å²) in [5.74, 6) is 1.89.